The lowest BCUT2D eigenvalue weighted by Gasteiger charge is -2.26. The van der Waals surface area contributed by atoms with Gasteiger partial charge in [0.25, 0.3) is 0 Å². The van der Waals surface area contributed by atoms with Gasteiger partial charge in [-0.2, -0.15) is 0 Å². The Bertz CT molecular complexity index is 188. The Labute approximate surface area is 76.4 Å². The van der Waals surface area contributed by atoms with E-state index in [1.54, 1.807) is 5.57 Å². The van der Waals surface area contributed by atoms with Crippen LogP contribution in [0.1, 0.15) is 46.0 Å². The molecule has 1 aliphatic rings. The Morgan fingerprint density at radius 2 is 2.25 bits per heavy atom. The first kappa shape index (κ1) is 9.57. The van der Waals surface area contributed by atoms with E-state index < -0.39 is 0 Å². The molecule has 0 heteroatoms. The fraction of sp³-hybridized carbons (Fsp3) is 0.667. The van der Waals surface area contributed by atoms with Gasteiger partial charge in [-0.1, -0.05) is 31.1 Å². The summed E-state index contributed by atoms with van der Waals surface area (Å²) < 4.78 is 0. The monoisotopic (exact) mass is 164 g/mol. The highest BCUT2D eigenvalue weighted by Crippen LogP contribution is 2.33. The van der Waals surface area contributed by atoms with Crippen LogP contribution in [0.25, 0.3) is 0 Å². The van der Waals surface area contributed by atoms with Crippen molar-refractivity contribution in [3.05, 3.63) is 24.3 Å². The summed E-state index contributed by atoms with van der Waals surface area (Å²) in [7, 11) is 0. The van der Waals surface area contributed by atoms with E-state index in [0.717, 1.165) is 0 Å². The molecule has 0 spiro atoms. The molecule has 1 unspecified atom stereocenters. The molecule has 0 aliphatic heterocycles. The minimum absolute atomic E-state index is 0.363. The fourth-order valence-corrected chi connectivity index (χ4v) is 1.73. The number of hydrogen-bond acceptors (Lipinski definition) is 0. The summed E-state index contributed by atoms with van der Waals surface area (Å²) in [6.45, 7) is 8.48. The van der Waals surface area contributed by atoms with Crippen LogP contribution in [0.3, 0.4) is 0 Å². The predicted molar refractivity (Wildman–Crippen MR) is 55.1 cm³/mol. The molecule has 0 bridgehead atoms. The van der Waals surface area contributed by atoms with Gasteiger partial charge in [0.2, 0.25) is 0 Å². The predicted octanol–water partition coefficient (Wildman–Crippen LogP) is 4.09. The van der Waals surface area contributed by atoms with Crippen LogP contribution in [-0.2, 0) is 0 Å². The fourth-order valence-electron chi connectivity index (χ4n) is 1.73. The Morgan fingerprint density at radius 1 is 1.50 bits per heavy atom. The Kier molecular flexibility index (Phi) is 3.13. The summed E-state index contributed by atoms with van der Waals surface area (Å²) >= 11 is 0. The SMILES string of the molecule is C=CC1(C)CC=C(C)CCCC1. The zero-order valence-electron chi connectivity index (χ0n) is 8.40. The maximum atomic E-state index is 3.92. The molecule has 0 amide bonds. The third kappa shape index (κ3) is 2.51. The maximum Gasteiger partial charge on any atom is -0.0115 e. The van der Waals surface area contributed by atoms with Crippen molar-refractivity contribution < 1.29 is 0 Å². The van der Waals surface area contributed by atoms with Gasteiger partial charge in [-0.3, -0.25) is 0 Å². The average Bonchev–Trinajstić information content (AvgIpc) is 2.07. The Balaban J connectivity index is 2.66. The summed E-state index contributed by atoms with van der Waals surface area (Å²) in [6.07, 6.45) is 11.0. The normalized spacial score (nSPS) is 31.7. The molecule has 0 fully saturated rings. The highest BCUT2D eigenvalue weighted by molar-refractivity contribution is 5.05. The molecule has 0 heterocycles. The minimum Gasteiger partial charge on any atom is -0.103 e. The van der Waals surface area contributed by atoms with Crippen LogP contribution in [0.2, 0.25) is 0 Å². The average molecular weight is 164 g/mol. The van der Waals surface area contributed by atoms with Gasteiger partial charge < -0.3 is 0 Å². The van der Waals surface area contributed by atoms with Crippen LogP contribution < -0.4 is 0 Å². The third-order valence-electron chi connectivity index (χ3n) is 2.98. The minimum atomic E-state index is 0.363. The summed E-state index contributed by atoms with van der Waals surface area (Å²) in [4.78, 5) is 0. The topological polar surface area (TPSA) is 0 Å². The Hall–Kier alpha value is -0.520. The molecular weight excluding hydrogens is 144 g/mol. The van der Waals surface area contributed by atoms with Gasteiger partial charge in [-0.05, 0) is 38.0 Å². The number of rotatable bonds is 1. The second-order valence-electron chi connectivity index (χ2n) is 4.32. The van der Waals surface area contributed by atoms with Crippen LogP contribution in [-0.4, -0.2) is 0 Å². The third-order valence-corrected chi connectivity index (χ3v) is 2.98. The largest absolute Gasteiger partial charge is 0.103 e. The summed E-state index contributed by atoms with van der Waals surface area (Å²) in [5.74, 6) is 0. The first-order valence-electron chi connectivity index (χ1n) is 4.95. The van der Waals surface area contributed by atoms with Gasteiger partial charge in [0, 0.05) is 0 Å². The molecule has 0 aromatic rings. The van der Waals surface area contributed by atoms with Gasteiger partial charge in [0.15, 0.2) is 0 Å². The number of allylic oxidation sites excluding steroid dienone is 3. The molecule has 0 aromatic carbocycles. The van der Waals surface area contributed by atoms with Gasteiger partial charge >= 0.3 is 0 Å². The second-order valence-corrected chi connectivity index (χ2v) is 4.32. The summed E-state index contributed by atoms with van der Waals surface area (Å²) in [5, 5.41) is 0. The smallest absolute Gasteiger partial charge is 0.0115 e. The van der Waals surface area contributed by atoms with Gasteiger partial charge in [-0.25, -0.2) is 0 Å². The van der Waals surface area contributed by atoms with Gasteiger partial charge in [-0.15, -0.1) is 6.58 Å². The van der Waals surface area contributed by atoms with Gasteiger partial charge in [0.05, 0.1) is 0 Å². The van der Waals surface area contributed by atoms with Crippen molar-refractivity contribution in [3.8, 4) is 0 Å². The lowest BCUT2D eigenvalue weighted by molar-refractivity contribution is 0.371. The molecule has 1 aliphatic carbocycles. The van der Waals surface area contributed by atoms with Crippen LogP contribution in [0.15, 0.2) is 24.3 Å². The van der Waals surface area contributed by atoms with E-state index in [1.807, 2.05) is 0 Å². The maximum absolute atomic E-state index is 3.92. The van der Waals surface area contributed by atoms with Crippen LogP contribution in [0.5, 0.6) is 0 Å². The molecule has 0 saturated carbocycles. The second kappa shape index (κ2) is 3.93. The van der Waals surface area contributed by atoms with E-state index >= 15 is 0 Å². The van der Waals surface area contributed by atoms with E-state index in [4.69, 9.17) is 0 Å². The molecular formula is C12H20. The van der Waals surface area contributed by atoms with Crippen molar-refractivity contribution >= 4 is 0 Å². The van der Waals surface area contributed by atoms with Crippen molar-refractivity contribution in [2.75, 3.05) is 0 Å². The first-order valence-corrected chi connectivity index (χ1v) is 4.95. The van der Waals surface area contributed by atoms with Crippen molar-refractivity contribution in [3.63, 3.8) is 0 Å². The standard InChI is InChI=1S/C12H20/c1-4-12(3)9-6-5-7-11(2)8-10-12/h4,8H,1,5-7,9-10H2,2-3H3. The molecule has 0 saturated heterocycles. The van der Waals surface area contributed by atoms with E-state index in [0.29, 0.717) is 5.41 Å². The molecule has 1 atom stereocenters. The Morgan fingerprint density at radius 3 is 2.92 bits per heavy atom. The quantitative estimate of drug-likeness (QED) is 0.512. The molecule has 0 nitrogen and oxygen atoms in total. The van der Waals surface area contributed by atoms with Crippen LogP contribution in [0.4, 0.5) is 0 Å². The van der Waals surface area contributed by atoms with Crippen molar-refractivity contribution in [1.29, 1.82) is 0 Å². The van der Waals surface area contributed by atoms with E-state index in [9.17, 15) is 0 Å². The van der Waals surface area contributed by atoms with Crippen LogP contribution in [0, 0.1) is 5.41 Å². The zero-order chi connectivity index (χ0) is 9.03. The van der Waals surface area contributed by atoms with E-state index in [1.165, 1.54) is 32.1 Å². The zero-order valence-corrected chi connectivity index (χ0v) is 8.40. The van der Waals surface area contributed by atoms with E-state index in [-0.39, 0.29) is 0 Å². The van der Waals surface area contributed by atoms with Gasteiger partial charge in [0.1, 0.15) is 0 Å². The van der Waals surface area contributed by atoms with Crippen molar-refractivity contribution in [2.24, 2.45) is 5.41 Å². The molecule has 12 heavy (non-hydrogen) atoms. The molecule has 0 N–H and O–H groups in total. The van der Waals surface area contributed by atoms with Crippen molar-refractivity contribution in [2.45, 2.75) is 46.0 Å². The molecule has 0 aromatic heterocycles. The first-order chi connectivity index (χ1) is 5.66. The molecule has 68 valence electrons. The number of hydrogen-bond donors (Lipinski definition) is 0. The summed E-state index contributed by atoms with van der Waals surface area (Å²) in [5.41, 5.74) is 1.92. The highest BCUT2D eigenvalue weighted by atomic mass is 14.2. The van der Waals surface area contributed by atoms with Crippen molar-refractivity contribution in [1.82, 2.24) is 0 Å². The van der Waals surface area contributed by atoms with Crippen LogP contribution >= 0.6 is 0 Å². The lowest BCUT2D eigenvalue weighted by atomic mass is 9.79. The van der Waals surface area contributed by atoms with E-state index in [2.05, 4.69) is 32.6 Å². The lowest BCUT2D eigenvalue weighted by Crippen LogP contribution is -2.13. The highest BCUT2D eigenvalue weighted by Gasteiger charge is 2.19. The molecule has 0 radical (unpaired) electrons. The summed E-state index contributed by atoms with van der Waals surface area (Å²) in [6, 6.07) is 0. The molecule has 1 rings (SSSR count).